The average Bonchev–Trinajstić information content (AvgIpc) is 2.75. The molecule has 2 rings (SSSR count). The van der Waals surface area contributed by atoms with Gasteiger partial charge in [-0.05, 0) is 13.8 Å². The number of aromatic amines is 1. The van der Waals surface area contributed by atoms with Crippen LogP contribution in [0.4, 0.5) is 5.95 Å². The number of nitrogens with one attached hydrogen (secondary N) is 2. The van der Waals surface area contributed by atoms with Gasteiger partial charge in [-0.3, -0.25) is 14.3 Å². The van der Waals surface area contributed by atoms with Crippen molar-refractivity contribution in [2.45, 2.75) is 26.9 Å². The van der Waals surface area contributed by atoms with Crippen LogP contribution in [0.5, 0.6) is 0 Å². The highest BCUT2D eigenvalue weighted by atomic mass is 16.2. The fourth-order valence-electron chi connectivity index (χ4n) is 2.09. The van der Waals surface area contributed by atoms with Gasteiger partial charge in [0.05, 0.1) is 0 Å². The summed E-state index contributed by atoms with van der Waals surface area (Å²) in [5, 5.41) is 3.06. The minimum atomic E-state index is -0.439. The Morgan fingerprint density at radius 1 is 1.26 bits per heavy atom. The third-order valence-corrected chi connectivity index (χ3v) is 2.95. The van der Waals surface area contributed by atoms with Crippen LogP contribution in [0.1, 0.15) is 13.8 Å². The van der Waals surface area contributed by atoms with E-state index >= 15 is 0 Å². The number of nitrogens with two attached hydrogens (primary N) is 1. The van der Waals surface area contributed by atoms with Crippen molar-refractivity contribution in [1.82, 2.24) is 19.1 Å². The summed E-state index contributed by atoms with van der Waals surface area (Å²) in [6.07, 6.45) is 0. The Hall–Kier alpha value is -2.09. The van der Waals surface area contributed by atoms with E-state index < -0.39 is 11.2 Å². The second-order valence-corrected chi connectivity index (χ2v) is 4.07. The van der Waals surface area contributed by atoms with Crippen molar-refractivity contribution in [1.29, 1.82) is 0 Å². The van der Waals surface area contributed by atoms with E-state index in [1.165, 1.54) is 4.57 Å². The summed E-state index contributed by atoms with van der Waals surface area (Å²) in [6, 6.07) is 0. The number of imidazole rings is 1. The number of anilines is 1. The van der Waals surface area contributed by atoms with Gasteiger partial charge in [-0.15, -0.1) is 0 Å². The number of aryl methyl sites for hydroxylation is 2. The number of H-pyrrole nitrogens is 1. The zero-order valence-electron chi connectivity index (χ0n) is 11.1. The van der Waals surface area contributed by atoms with Gasteiger partial charge in [-0.2, -0.15) is 4.98 Å². The first-order chi connectivity index (χ1) is 9.13. The molecule has 2 aromatic rings. The number of hydrogen-bond acceptors (Lipinski definition) is 5. The Labute approximate surface area is 109 Å². The van der Waals surface area contributed by atoms with Gasteiger partial charge >= 0.3 is 5.69 Å². The summed E-state index contributed by atoms with van der Waals surface area (Å²) >= 11 is 0. The Kier molecular flexibility index (Phi) is 3.70. The Morgan fingerprint density at radius 3 is 2.53 bits per heavy atom. The summed E-state index contributed by atoms with van der Waals surface area (Å²) in [5.41, 5.74) is 5.40. The van der Waals surface area contributed by atoms with Crippen LogP contribution in [-0.2, 0) is 13.1 Å². The number of nitrogens with zero attached hydrogens (tertiary/aromatic N) is 3. The Morgan fingerprint density at radius 2 is 1.95 bits per heavy atom. The van der Waals surface area contributed by atoms with Crippen LogP contribution in [0.25, 0.3) is 11.2 Å². The van der Waals surface area contributed by atoms with Crippen molar-refractivity contribution in [3.05, 3.63) is 20.8 Å². The summed E-state index contributed by atoms with van der Waals surface area (Å²) in [4.78, 5) is 30.3. The molecule has 0 fully saturated rings. The van der Waals surface area contributed by atoms with Gasteiger partial charge in [0, 0.05) is 26.2 Å². The van der Waals surface area contributed by atoms with Crippen molar-refractivity contribution in [3.63, 3.8) is 0 Å². The molecule has 8 nitrogen and oxygen atoms in total. The molecule has 2 heterocycles. The fraction of sp³-hybridized carbons (Fsp3) is 0.545. The normalized spacial score (nSPS) is 11.1. The van der Waals surface area contributed by atoms with Crippen molar-refractivity contribution < 1.29 is 0 Å². The number of aromatic nitrogens is 4. The lowest BCUT2D eigenvalue weighted by Gasteiger charge is -2.06. The molecule has 0 amide bonds. The summed E-state index contributed by atoms with van der Waals surface area (Å²) < 4.78 is 3.19. The minimum Gasteiger partial charge on any atom is -0.354 e. The Bertz CT molecular complexity index is 695. The zero-order chi connectivity index (χ0) is 14.0. The van der Waals surface area contributed by atoms with Crippen molar-refractivity contribution in [3.8, 4) is 0 Å². The lowest BCUT2D eigenvalue weighted by molar-refractivity contribution is 0.716. The largest absolute Gasteiger partial charge is 0.354 e. The van der Waals surface area contributed by atoms with Crippen LogP contribution in [0.15, 0.2) is 9.59 Å². The first-order valence-corrected chi connectivity index (χ1v) is 6.31. The highest BCUT2D eigenvalue weighted by Gasteiger charge is 2.16. The molecule has 0 saturated carbocycles. The van der Waals surface area contributed by atoms with Crippen molar-refractivity contribution in [2.24, 2.45) is 5.73 Å². The van der Waals surface area contributed by atoms with Gasteiger partial charge in [0.2, 0.25) is 5.95 Å². The van der Waals surface area contributed by atoms with Gasteiger partial charge < -0.3 is 15.6 Å². The van der Waals surface area contributed by atoms with Crippen LogP contribution in [0.2, 0.25) is 0 Å². The summed E-state index contributed by atoms with van der Waals surface area (Å²) in [5.74, 6) is 0.557. The first kappa shape index (κ1) is 13.3. The van der Waals surface area contributed by atoms with Crippen molar-refractivity contribution >= 4 is 17.1 Å². The van der Waals surface area contributed by atoms with Crippen LogP contribution in [0.3, 0.4) is 0 Å². The summed E-state index contributed by atoms with van der Waals surface area (Å²) in [7, 11) is 0. The average molecular weight is 266 g/mol. The fourth-order valence-corrected chi connectivity index (χ4v) is 2.09. The number of fused-ring (bicyclic) bond motifs is 1. The molecule has 0 atom stereocenters. The van der Waals surface area contributed by atoms with Crippen molar-refractivity contribution in [2.75, 3.05) is 18.4 Å². The van der Waals surface area contributed by atoms with Gasteiger partial charge in [-0.25, -0.2) is 4.79 Å². The van der Waals surface area contributed by atoms with E-state index in [1.807, 2.05) is 13.8 Å². The highest BCUT2D eigenvalue weighted by Crippen LogP contribution is 2.14. The molecule has 2 aromatic heterocycles. The van der Waals surface area contributed by atoms with Gasteiger partial charge in [-0.1, -0.05) is 0 Å². The molecule has 0 saturated heterocycles. The van der Waals surface area contributed by atoms with Crippen LogP contribution >= 0.6 is 0 Å². The monoisotopic (exact) mass is 266 g/mol. The quantitative estimate of drug-likeness (QED) is 0.662. The molecule has 4 N–H and O–H groups in total. The molecule has 19 heavy (non-hydrogen) atoms. The maximum absolute atomic E-state index is 12.0. The van der Waals surface area contributed by atoms with E-state index in [4.69, 9.17) is 5.73 Å². The molecule has 0 bridgehead atoms. The number of hydrogen-bond donors (Lipinski definition) is 3. The van der Waals surface area contributed by atoms with Crippen LogP contribution in [0, 0.1) is 0 Å². The lowest BCUT2D eigenvalue weighted by Crippen LogP contribution is -2.30. The number of rotatable bonds is 5. The molecular formula is C11H18N6O2. The summed E-state index contributed by atoms with van der Waals surface area (Å²) in [6.45, 7) is 5.78. The first-order valence-electron chi connectivity index (χ1n) is 6.31. The van der Waals surface area contributed by atoms with Gasteiger partial charge in [0.1, 0.15) is 0 Å². The molecule has 0 aliphatic carbocycles. The second kappa shape index (κ2) is 5.27. The smallest absolute Gasteiger partial charge is 0.330 e. The second-order valence-electron chi connectivity index (χ2n) is 4.07. The van der Waals surface area contributed by atoms with Gasteiger partial charge in [0.25, 0.3) is 5.56 Å². The predicted octanol–water partition coefficient (Wildman–Crippen LogP) is -0.703. The molecule has 0 aliphatic heterocycles. The molecule has 0 aromatic carbocycles. The van der Waals surface area contributed by atoms with Crippen LogP contribution < -0.4 is 22.3 Å². The van der Waals surface area contributed by atoms with E-state index in [1.54, 1.807) is 4.57 Å². The van der Waals surface area contributed by atoms with Gasteiger partial charge in [0.15, 0.2) is 11.2 Å². The maximum atomic E-state index is 12.0. The SMILES string of the molecule is CCn1c(NCCN)nc2c1c(=O)[nH]c(=O)n2CC. The molecule has 0 radical (unpaired) electrons. The highest BCUT2D eigenvalue weighted by molar-refractivity contribution is 5.74. The molecule has 0 spiro atoms. The predicted molar refractivity (Wildman–Crippen MR) is 73.5 cm³/mol. The van der Waals surface area contributed by atoms with E-state index in [-0.39, 0.29) is 0 Å². The van der Waals surface area contributed by atoms with E-state index in [9.17, 15) is 9.59 Å². The molecule has 0 aliphatic rings. The third kappa shape index (κ3) is 2.14. The minimum absolute atomic E-state index is 0.401. The lowest BCUT2D eigenvalue weighted by atomic mass is 10.5. The molecular weight excluding hydrogens is 248 g/mol. The topological polar surface area (TPSA) is 111 Å². The molecule has 0 unspecified atom stereocenters. The van der Waals surface area contributed by atoms with E-state index in [0.29, 0.717) is 43.3 Å². The zero-order valence-corrected chi connectivity index (χ0v) is 11.1. The molecule has 104 valence electrons. The standard InChI is InChI=1S/C11H18N6O2/c1-3-16-7-8(14-10(16)13-6-5-12)17(4-2)11(19)15-9(7)18/h3-6,12H2,1-2H3,(H,13,14)(H,15,18,19). The third-order valence-electron chi connectivity index (χ3n) is 2.95. The maximum Gasteiger partial charge on any atom is 0.330 e. The van der Waals surface area contributed by atoms with E-state index in [0.717, 1.165) is 0 Å². The molecule has 8 heteroatoms. The van der Waals surface area contributed by atoms with E-state index in [2.05, 4.69) is 15.3 Å². The Balaban J connectivity index is 2.77. The van der Waals surface area contributed by atoms with Crippen LogP contribution in [-0.4, -0.2) is 32.2 Å².